The summed E-state index contributed by atoms with van der Waals surface area (Å²) >= 11 is 0. The van der Waals surface area contributed by atoms with Crippen LogP contribution in [0.3, 0.4) is 0 Å². The van der Waals surface area contributed by atoms with E-state index < -0.39 is 17.9 Å². The van der Waals surface area contributed by atoms with Crippen molar-refractivity contribution in [1.82, 2.24) is 0 Å². The number of carboxylic acids is 3. The summed E-state index contributed by atoms with van der Waals surface area (Å²) in [7, 11) is 0. The topological polar surface area (TPSA) is 181 Å². The number of hydrogen-bond acceptors (Lipinski definition) is 5. The van der Waals surface area contributed by atoms with Crippen molar-refractivity contribution in [3.05, 3.63) is 0 Å². The van der Waals surface area contributed by atoms with Gasteiger partial charge in [-0.25, -0.2) is 0 Å². The second-order valence-corrected chi connectivity index (χ2v) is 1.50. The molecule has 0 amide bonds. The van der Waals surface area contributed by atoms with Crippen molar-refractivity contribution in [1.29, 1.82) is 0 Å². The molecule has 0 aliphatic carbocycles. The van der Waals surface area contributed by atoms with Crippen LogP contribution in [-0.4, -0.2) is 34.0 Å². The summed E-state index contributed by atoms with van der Waals surface area (Å²) in [5.74, 6) is -3.00. The van der Waals surface area contributed by atoms with Gasteiger partial charge in [0.1, 0.15) is 0 Å². The number of hydrogen-bond donors (Lipinski definition) is 1. The Morgan fingerprint density at radius 3 is 0.867 bits per heavy atom. The van der Waals surface area contributed by atoms with Crippen LogP contribution in [0.5, 0.6) is 0 Å². The molecule has 0 saturated carbocycles. The molecule has 0 aliphatic heterocycles. The Kier molecular flexibility index (Phi) is 72.2. The molecule has 0 atom stereocenters. The molecule has 0 spiro atoms. The third-order valence-electron chi connectivity index (χ3n) is 0. The van der Waals surface area contributed by atoms with Gasteiger partial charge in [-0.15, -0.1) is 0 Å². The summed E-state index contributed by atoms with van der Waals surface area (Å²) in [4.78, 5) is 26.8. The summed E-state index contributed by atoms with van der Waals surface area (Å²) in [5, 5.41) is 25.2. The van der Waals surface area contributed by atoms with E-state index >= 15 is 0 Å². The molecule has 0 saturated heterocycles. The van der Waals surface area contributed by atoms with Gasteiger partial charge in [0.2, 0.25) is 0 Å². The average molecular weight is 280 g/mol. The standard InChI is InChI=1S/3C2H4O2.2H2O.Zn/c3*1-2(3)4;;;/h3*1H3,(H,3,4);2*1H2;/q;;;;;+2/p-2. The maximum Gasteiger partial charge on any atom is 2.00 e. The molecule has 5 N–H and O–H groups in total. The molecule has 0 aromatic carbocycles. The maximum atomic E-state index is 9.00. The summed E-state index contributed by atoms with van der Waals surface area (Å²) in [6.45, 7) is 3.03. The van der Waals surface area contributed by atoms with Crippen LogP contribution < -0.4 is 10.2 Å². The van der Waals surface area contributed by atoms with Crippen molar-refractivity contribution in [3.8, 4) is 0 Å². The molecule has 0 aliphatic rings. The zero-order chi connectivity index (χ0) is 10.7. The van der Waals surface area contributed by atoms with Gasteiger partial charge in [0.25, 0.3) is 5.97 Å². The van der Waals surface area contributed by atoms with Crippen molar-refractivity contribution >= 4 is 17.9 Å². The average Bonchev–Trinajstić information content (AvgIpc) is 1.54. The molecule has 8 nitrogen and oxygen atoms in total. The first-order valence-corrected chi connectivity index (χ1v) is 2.74. The molecule has 0 aromatic rings. The van der Waals surface area contributed by atoms with Crippen molar-refractivity contribution in [2.75, 3.05) is 0 Å². The van der Waals surface area contributed by atoms with Gasteiger partial charge in [-0.2, -0.15) is 0 Å². The molecule has 0 bridgehead atoms. The number of carbonyl (C=O) groups excluding carboxylic acids is 2. The van der Waals surface area contributed by atoms with Crippen molar-refractivity contribution in [2.24, 2.45) is 0 Å². The Hall–Kier alpha value is -1.05. The van der Waals surface area contributed by atoms with Crippen molar-refractivity contribution in [2.45, 2.75) is 20.8 Å². The summed E-state index contributed by atoms with van der Waals surface area (Å²) < 4.78 is 0. The van der Waals surface area contributed by atoms with E-state index in [4.69, 9.17) is 29.7 Å². The van der Waals surface area contributed by atoms with Crippen LogP contribution in [0.15, 0.2) is 0 Å². The van der Waals surface area contributed by atoms with Gasteiger partial charge in [0.15, 0.2) is 0 Å². The molecule has 0 unspecified atom stereocenters. The Bertz CT molecular complexity index is 117. The Labute approximate surface area is 99.3 Å². The molecule has 0 aromatic heterocycles. The molecule has 9 heteroatoms. The minimum atomic E-state index is -1.08. The van der Waals surface area contributed by atoms with Gasteiger partial charge < -0.3 is 35.9 Å². The molecule has 0 radical (unpaired) electrons. The smallest absolute Gasteiger partial charge is 0.550 e. The maximum absolute atomic E-state index is 9.00. The van der Waals surface area contributed by atoms with Crippen LogP contribution in [0.2, 0.25) is 0 Å². The molecule has 88 valence electrons. The number of carboxylic acid groups (broad SMARTS) is 3. The fraction of sp³-hybridized carbons (Fsp3) is 0.500. The third kappa shape index (κ3) is 1420. The first kappa shape index (κ1) is 37.0. The minimum Gasteiger partial charge on any atom is -0.550 e. The fourth-order valence-electron chi connectivity index (χ4n) is 0. The van der Waals surface area contributed by atoms with Crippen LogP contribution >= 0.6 is 0 Å². The van der Waals surface area contributed by atoms with E-state index in [2.05, 4.69) is 0 Å². The van der Waals surface area contributed by atoms with Gasteiger partial charge >= 0.3 is 19.5 Å². The quantitative estimate of drug-likeness (QED) is 0.440. The van der Waals surface area contributed by atoms with Gasteiger partial charge in [0.05, 0.1) is 0 Å². The van der Waals surface area contributed by atoms with Gasteiger partial charge in [-0.3, -0.25) is 4.79 Å². The van der Waals surface area contributed by atoms with Crippen molar-refractivity contribution < 1.29 is 60.1 Å². The van der Waals surface area contributed by atoms with Gasteiger partial charge in [-0.1, -0.05) is 0 Å². The van der Waals surface area contributed by atoms with Crippen LogP contribution in [-0.2, 0) is 33.9 Å². The van der Waals surface area contributed by atoms with Crippen LogP contribution in [0.4, 0.5) is 0 Å². The van der Waals surface area contributed by atoms with Crippen LogP contribution in [0.25, 0.3) is 0 Å². The normalized spacial score (nSPS) is 5.00. The number of carbonyl (C=O) groups is 3. The van der Waals surface area contributed by atoms with E-state index in [0.29, 0.717) is 0 Å². The Balaban J connectivity index is -0.0000000184. The molecule has 0 fully saturated rings. The Morgan fingerprint density at radius 1 is 0.867 bits per heavy atom. The van der Waals surface area contributed by atoms with E-state index in [1.807, 2.05) is 0 Å². The summed E-state index contributed by atoms with van der Waals surface area (Å²) in [6, 6.07) is 0. The second kappa shape index (κ2) is 29.3. The monoisotopic (exact) mass is 278 g/mol. The molecular weight excluding hydrogens is 265 g/mol. The SMILES string of the molecule is CC(=O)O.CC(=O)[O-].CC(=O)[O-].O.O.[Zn+2]. The number of aliphatic carboxylic acids is 3. The van der Waals surface area contributed by atoms with E-state index in [9.17, 15) is 0 Å². The van der Waals surface area contributed by atoms with E-state index in [-0.39, 0.29) is 30.4 Å². The zero-order valence-electron chi connectivity index (χ0n) is 8.70. The predicted octanol–water partition coefficient (Wildman–Crippen LogP) is -4.05. The van der Waals surface area contributed by atoms with E-state index in [1.54, 1.807) is 0 Å². The molecule has 15 heavy (non-hydrogen) atoms. The second-order valence-electron chi connectivity index (χ2n) is 1.50. The first-order valence-electron chi connectivity index (χ1n) is 2.74. The van der Waals surface area contributed by atoms with Crippen LogP contribution in [0, 0.1) is 0 Å². The third-order valence-corrected chi connectivity index (χ3v) is 0. The first-order chi connectivity index (χ1) is 5.20. The van der Waals surface area contributed by atoms with Gasteiger partial charge in [-0.05, 0) is 13.8 Å². The van der Waals surface area contributed by atoms with E-state index in [0.717, 1.165) is 20.8 Å². The van der Waals surface area contributed by atoms with Gasteiger partial charge in [0, 0.05) is 18.9 Å². The molecular formula is C6H14O8Zn. The number of rotatable bonds is 0. The largest absolute Gasteiger partial charge is 2.00 e. The summed E-state index contributed by atoms with van der Waals surface area (Å²) in [6.07, 6.45) is 0. The molecule has 0 heterocycles. The summed E-state index contributed by atoms with van der Waals surface area (Å²) in [5.41, 5.74) is 0. The van der Waals surface area contributed by atoms with Crippen LogP contribution in [0.1, 0.15) is 20.8 Å². The van der Waals surface area contributed by atoms with E-state index in [1.165, 1.54) is 0 Å². The predicted molar refractivity (Wildman–Crippen MR) is 41.9 cm³/mol. The van der Waals surface area contributed by atoms with Crippen molar-refractivity contribution in [3.63, 3.8) is 0 Å². The Morgan fingerprint density at radius 2 is 0.867 bits per heavy atom. The minimum absolute atomic E-state index is 0. The molecule has 0 rings (SSSR count). The zero-order valence-corrected chi connectivity index (χ0v) is 11.7. The fourth-order valence-corrected chi connectivity index (χ4v) is 0.